The van der Waals surface area contributed by atoms with Gasteiger partial charge in [0.25, 0.3) is 5.56 Å². The zero-order valence-electron chi connectivity index (χ0n) is 14.8. The van der Waals surface area contributed by atoms with Crippen molar-refractivity contribution in [2.45, 2.75) is 51.0 Å². The minimum atomic E-state index is 0. The van der Waals surface area contributed by atoms with Crippen molar-refractivity contribution >= 4 is 12.6 Å². The molecule has 1 heterocycles. The van der Waals surface area contributed by atoms with E-state index in [2.05, 4.69) is 26.5 Å². The van der Waals surface area contributed by atoms with Gasteiger partial charge in [-0.1, -0.05) is 20.3 Å². The average Bonchev–Trinajstić information content (AvgIpc) is 2.53. The molecule has 0 aliphatic carbocycles. The summed E-state index contributed by atoms with van der Waals surface area (Å²) in [6, 6.07) is 7.82. The molecule has 0 saturated heterocycles. The molecule has 0 fully saturated rings. The van der Waals surface area contributed by atoms with Crippen molar-refractivity contribution in [3.8, 4) is 16.9 Å². The Kier molecular flexibility index (Phi) is 7.58. The first kappa shape index (κ1) is 20.3. The summed E-state index contributed by atoms with van der Waals surface area (Å²) in [6.45, 7) is 6.15. The van der Waals surface area contributed by atoms with Crippen LogP contribution in [0, 0.1) is 6.92 Å². The van der Waals surface area contributed by atoms with Crippen LogP contribution in [0.2, 0.25) is 0 Å². The smallest absolute Gasteiger partial charge is 0.253 e. The molecule has 1 aromatic carbocycles. The van der Waals surface area contributed by atoms with Crippen LogP contribution in [0.5, 0.6) is 5.75 Å². The van der Waals surface area contributed by atoms with E-state index in [0.29, 0.717) is 0 Å². The van der Waals surface area contributed by atoms with E-state index >= 15 is 0 Å². The van der Waals surface area contributed by atoms with Gasteiger partial charge in [-0.05, 0) is 44.0 Å². The fourth-order valence-electron chi connectivity index (χ4n) is 2.72. The lowest BCUT2D eigenvalue weighted by Gasteiger charge is -2.20. The molecule has 0 saturated carbocycles. The number of rotatable bonds is 6. The number of hydrogen-bond donors (Lipinski definition) is 1. The number of ether oxygens (including phenoxy) is 1. The Labute approximate surface area is 149 Å². The van der Waals surface area contributed by atoms with E-state index in [1.54, 1.807) is 11.6 Å². The first-order valence-corrected chi connectivity index (χ1v) is 8.58. The van der Waals surface area contributed by atoms with Crippen LogP contribution >= 0.6 is 12.6 Å². The lowest BCUT2D eigenvalue weighted by atomic mass is 10.0. The molecule has 5 heteroatoms. The zero-order valence-corrected chi connectivity index (χ0v) is 15.7. The van der Waals surface area contributed by atoms with Crippen LogP contribution in [0.1, 0.15) is 38.7 Å². The van der Waals surface area contributed by atoms with E-state index in [0.717, 1.165) is 46.6 Å². The monoisotopic (exact) mass is 349 g/mol. The maximum absolute atomic E-state index is 11.9. The third-order valence-electron chi connectivity index (χ3n) is 4.00. The lowest BCUT2D eigenvalue weighted by molar-refractivity contribution is 0.186. The number of aryl methyl sites for hydroxylation is 2. The largest absolute Gasteiger partial charge is 0.490 e. The Morgan fingerprint density at radius 1 is 1.25 bits per heavy atom. The van der Waals surface area contributed by atoms with Crippen molar-refractivity contribution in [2.24, 2.45) is 7.05 Å². The first-order chi connectivity index (χ1) is 11.0. The van der Waals surface area contributed by atoms with Crippen molar-refractivity contribution in [1.82, 2.24) is 4.57 Å². The molecule has 0 aliphatic heterocycles. The summed E-state index contributed by atoms with van der Waals surface area (Å²) >= 11 is 4.45. The molecule has 2 N–H and O–H groups in total. The summed E-state index contributed by atoms with van der Waals surface area (Å²) in [6.07, 6.45) is 5.16. The van der Waals surface area contributed by atoms with E-state index in [1.165, 1.54) is 0 Å². The van der Waals surface area contributed by atoms with Crippen LogP contribution < -0.4 is 10.3 Å². The van der Waals surface area contributed by atoms with Gasteiger partial charge in [0.15, 0.2) is 0 Å². The molecule has 132 valence electrons. The quantitative estimate of drug-likeness (QED) is 0.807. The number of aromatic nitrogens is 1. The molecule has 0 unspecified atom stereocenters. The van der Waals surface area contributed by atoms with Gasteiger partial charge in [-0.2, -0.15) is 0 Å². The fourth-order valence-corrected chi connectivity index (χ4v) is 2.92. The Hall–Kier alpha value is -1.72. The lowest BCUT2D eigenvalue weighted by Crippen LogP contribution is -2.19. The van der Waals surface area contributed by atoms with Gasteiger partial charge in [-0.25, -0.2) is 0 Å². The van der Waals surface area contributed by atoms with Crippen LogP contribution in [0.25, 0.3) is 11.1 Å². The Balaban J connectivity index is 0.00000288. The minimum Gasteiger partial charge on any atom is -0.490 e. The molecule has 1 atom stereocenters. The van der Waals surface area contributed by atoms with Crippen molar-refractivity contribution in [3.63, 3.8) is 0 Å². The molecule has 24 heavy (non-hydrogen) atoms. The highest BCUT2D eigenvalue weighted by atomic mass is 32.1. The summed E-state index contributed by atoms with van der Waals surface area (Å²) in [5, 5.41) is 0. The van der Waals surface area contributed by atoms with Crippen molar-refractivity contribution in [2.75, 3.05) is 0 Å². The second-order valence-corrected chi connectivity index (χ2v) is 6.46. The van der Waals surface area contributed by atoms with E-state index in [-0.39, 0.29) is 17.1 Å². The Morgan fingerprint density at radius 3 is 2.54 bits per heavy atom. The molecular formula is C19H27NO3S. The summed E-state index contributed by atoms with van der Waals surface area (Å²) < 4.78 is 7.85. The van der Waals surface area contributed by atoms with Crippen LogP contribution in [-0.4, -0.2) is 16.1 Å². The first-order valence-electron chi connectivity index (χ1n) is 8.13. The molecule has 0 radical (unpaired) electrons. The van der Waals surface area contributed by atoms with Gasteiger partial charge in [0.2, 0.25) is 0 Å². The van der Waals surface area contributed by atoms with Gasteiger partial charge in [0.1, 0.15) is 5.75 Å². The fraction of sp³-hybridized carbons (Fsp3) is 0.421. The molecule has 1 aromatic heterocycles. The maximum Gasteiger partial charge on any atom is 0.253 e. The molecule has 2 rings (SSSR count). The van der Waals surface area contributed by atoms with Crippen LogP contribution in [0.3, 0.4) is 0 Å². The van der Waals surface area contributed by atoms with Gasteiger partial charge in [-0.3, -0.25) is 4.79 Å². The molecular weight excluding hydrogens is 322 g/mol. The predicted octanol–water partition coefficient (Wildman–Crippen LogP) is 3.78. The SMILES string of the molecule is CCC[C@@H](CC)Oc1ccc(S)cc1-c1cc(C)c(=O)n(C)c1.O. The summed E-state index contributed by atoms with van der Waals surface area (Å²) in [7, 11) is 1.77. The number of benzene rings is 1. The zero-order chi connectivity index (χ0) is 17.0. The van der Waals surface area contributed by atoms with Crippen molar-refractivity contribution < 1.29 is 10.2 Å². The molecule has 0 aliphatic rings. The number of pyridine rings is 1. The summed E-state index contributed by atoms with van der Waals surface area (Å²) in [4.78, 5) is 12.8. The molecule has 2 aromatic rings. The molecule has 0 bridgehead atoms. The standard InChI is InChI=1S/C19H25NO2S.H2O/c1-5-7-15(6-2)22-18-9-8-16(23)11-17(18)14-10-13(3)19(21)20(4)12-14;/h8-12,15,23H,5-7H2,1-4H3;1H2/t15-;/m1./s1. The third kappa shape index (κ3) is 4.65. The van der Waals surface area contributed by atoms with Gasteiger partial charge >= 0.3 is 0 Å². The Morgan fingerprint density at radius 2 is 1.96 bits per heavy atom. The number of thiol groups is 1. The highest BCUT2D eigenvalue weighted by Crippen LogP contribution is 2.33. The van der Waals surface area contributed by atoms with Crippen molar-refractivity contribution in [3.05, 3.63) is 46.4 Å². The summed E-state index contributed by atoms with van der Waals surface area (Å²) in [5.41, 5.74) is 2.70. The normalized spacial score (nSPS) is 11.7. The molecule has 0 spiro atoms. The topological polar surface area (TPSA) is 62.7 Å². The molecule has 0 amide bonds. The third-order valence-corrected chi connectivity index (χ3v) is 4.27. The summed E-state index contributed by atoms with van der Waals surface area (Å²) in [5.74, 6) is 0.848. The van der Waals surface area contributed by atoms with Gasteiger partial charge in [0, 0.05) is 34.8 Å². The van der Waals surface area contributed by atoms with E-state index in [9.17, 15) is 4.79 Å². The van der Waals surface area contributed by atoms with Crippen LogP contribution in [0.4, 0.5) is 0 Å². The second kappa shape index (κ2) is 8.94. The van der Waals surface area contributed by atoms with E-state index in [4.69, 9.17) is 4.74 Å². The second-order valence-electron chi connectivity index (χ2n) is 5.95. The highest BCUT2D eigenvalue weighted by molar-refractivity contribution is 7.80. The van der Waals surface area contributed by atoms with Crippen LogP contribution in [0.15, 0.2) is 40.2 Å². The van der Waals surface area contributed by atoms with Crippen LogP contribution in [-0.2, 0) is 7.05 Å². The highest BCUT2D eigenvalue weighted by Gasteiger charge is 2.13. The number of nitrogens with zero attached hydrogens (tertiary/aromatic N) is 1. The average molecular weight is 349 g/mol. The number of hydrogen-bond acceptors (Lipinski definition) is 3. The van der Waals surface area contributed by atoms with E-state index < -0.39 is 0 Å². The minimum absolute atomic E-state index is 0. The van der Waals surface area contributed by atoms with Gasteiger partial charge < -0.3 is 14.8 Å². The Bertz CT molecular complexity index is 714. The van der Waals surface area contributed by atoms with Gasteiger partial charge in [-0.15, -0.1) is 12.6 Å². The van der Waals surface area contributed by atoms with Crippen molar-refractivity contribution in [1.29, 1.82) is 0 Å². The molecule has 4 nitrogen and oxygen atoms in total. The van der Waals surface area contributed by atoms with E-state index in [1.807, 2.05) is 37.4 Å². The van der Waals surface area contributed by atoms with Gasteiger partial charge in [0.05, 0.1) is 6.10 Å². The maximum atomic E-state index is 11.9. The predicted molar refractivity (Wildman–Crippen MR) is 102 cm³/mol.